The summed E-state index contributed by atoms with van der Waals surface area (Å²) >= 11 is 0. The maximum atomic E-state index is 12.6. The zero-order valence-electron chi connectivity index (χ0n) is 16.1. The van der Waals surface area contributed by atoms with Crippen LogP contribution in [0.15, 0.2) is 42.5 Å². The maximum Gasteiger partial charge on any atom is 0.273 e. The predicted molar refractivity (Wildman–Crippen MR) is 107 cm³/mol. The molecule has 1 saturated carbocycles. The van der Waals surface area contributed by atoms with E-state index in [9.17, 15) is 14.9 Å². The molecule has 0 bridgehead atoms. The quantitative estimate of drug-likeness (QED) is 0.560. The molecule has 0 spiro atoms. The Kier molecular flexibility index (Phi) is 6.26. The molecule has 0 aromatic heterocycles. The summed E-state index contributed by atoms with van der Waals surface area (Å²) in [7, 11) is 1.61. The Morgan fingerprint density at radius 3 is 2.79 bits per heavy atom. The smallest absolute Gasteiger partial charge is 0.273 e. The molecular formula is C21H25N3O4. The minimum atomic E-state index is -0.363. The van der Waals surface area contributed by atoms with Gasteiger partial charge in [-0.2, -0.15) is 0 Å². The zero-order valence-corrected chi connectivity index (χ0v) is 16.1. The average molecular weight is 383 g/mol. The number of para-hydroxylation sites is 1. The molecule has 1 amide bonds. The fourth-order valence-electron chi connectivity index (χ4n) is 3.64. The summed E-state index contributed by atoms with van der Waals surface area (Å²) in [4.78, 5) is 23.3. The number of amides is 1. The van der Waals surface area contributed by atoms with E-state index in [2.05, 4.69) is 10.6 Å². The highest BCUT2D eigenvalue weighted by atomic mass is 16.6. The van der Waals surface area contributed by atoms with E-state index in [0.29, 0.717) is 12.1 Å². The monoisotopic (exact) mass is 383 g/mol. The maximum absolute atomic E-state index is 12.6. The van der Waals surface area contributed by atoms with Gasteiger partial charge in [-0.1, -0.05) is 24.3 Å². The molecule has 2 N–H and O–H groups in total. The molecule has 0 heterocycles. The lowest BCUT2D eigenvalue weighted by atomic mass is 10.1. The summed E-state index contributed by atoms with van der Waals surface area (Å²) in [6, 6.07) is 12.5. The van der Waals surface area contributed by atoms with Gasteiger partial charge in [0.05, 0.1) is 12.0 Å². The summed E-state index contributed by atoms with van der Waals surface area (Å²) in [5.74, 6) is 0.671. The Balaban J connectivity index is 1.54. The molecule has 1 fully saturated rings. The van der Waals surface area contributed by atoms with Crippen LogP contribution in [0, 0.1) is 23.0 Å². The Labute approximate surface area is 164 Å². The number of hydrogen-bond donors (Lipinski definition) is 2. The van der Waals surface area contributed by atoms with Gasteiger partial charge >= 0.3 is 0 Å². The lowest BCUT2D eigenvalue weighted by molar-refractivity contribution is -0.385. The third kappa shape index (κ3) is 4.67. The fraction of sp³-hybridized carbons (Fsp3) is 0.381. The minimum absolute atomic E-state index is 0.000831. The van der Waals surface area contributed by atoms with E-state index < -0.39 is 0 Å². The Morgan fingerprint density at radius 1 is 1.25 bits per heavy atom. The van der Waals surface area contributed by atoms with Gasteiger partial charge in [0.25, 0.3) is 5.69 Å². The lowest BCUT2D eigenvalue weighted by Crippen LogP contribution is -2.28. The number of carbonyl (C=O) groups excluding carboxylic acids is 1. The SMILES string of the molecule is COc1cc(NC(=O)[C@@H]2CC[C@H](NCc3ccccc3[N+](=O)[O-])C2)ccc1C. The van der Waals surface area contributed by atoms with Gasteiger partial charge in [-0.15, -0.1) is 0 Å². The van der Waals surface area contributed by atoms with Crippen molar-refractivity contribution in [3.8, 4) is 5.75 Å². The van der Waals surface area contributed by atoms with Crippen molar-refractivity contribution in [2.75, 3.05) is 12.4 Å². The first kappa shape index (κ1) is 19.8. The highest BCUT2D eigenvalue weighted by Crippen LogP contribution is 2.29. The topological polar surface area (TPSA) is 93.5 Å². The molecule has 1 aliphatic carbocycles. The predicted octanol–water partition coefficient (Wildman–Crippen LogP) is 3.81. The normalized spacial score (nSPS) is 18.6. The van der Waals surface area contributed by atoms with Crippen LogP contribution in [-0.2, 0) is 11.3 Å². The van der Waals surface area contributed by atoms with Crippen molar-refractivity contribution in [1.29, 1.82) is 0 Å². The van der Waals surface area contributed by atoms with E-state index in [0.717, 1.165) is 36.3 Å². The highest BCUT2D eigenvalue weighted by Gasteiger charge is 2.30. The van der Waals surface area contributed by atoms with Crippen LogP contribution in [-0.4, -0.2) is 24.0 Å². The van der Waals surface area contributed by atoms with Crippen LogP contribution in [0.3, 0.4) is 0 Å². The van der Waals surface area contributed by atoms with Crippen LogP contribution in [0.2, 0.25) is 0 Å². The Bertz CT molecular complexity index is 868. The summed E-state index contributed by atoms with van der Waals surface area (Å²) in [6.07, 6.45) is 2.38. The number of nitrogens with one attached hydrogen (secondary N) is 2. The average Bonchev–Trinajstić information content (AvgIpc) is 3.17. The zero-order chi connectivity index (χ0) is 20.1. The van der Waals surface area contributed by atoms with Crippen LogP contribution in [0.4, 0.5) is 11.4 Å². The summed E-state index contributed by atoms with van der Waals surface area (Å²) in [5.41, 5.74) is 2.52. The third-order valence-corrected chi connectivity index (χ3v) is 5.25. The van der Waals surface area contributed by atoms with Crippen LogP contribution in [0.5, 0.6) is 5.75 Å². The second-order valence-corrected chi connectivity index (χ2v) is 7.15. The number of rotatable bonds is 7. The number of hydrogen-bond acceptors (Lipinski definition) is 5. The van der Waals surface area contributed by atoms with E-state index in [4.69, 9.17) is 4.74 Å². The van der Waals surface area contributed by atoms with Gasteiger partial charge in [-0.25, -0.2) is 0 Å². The Hall–Kier alpha value is -2.93. The van der Waals surface area contributed by atoms with Crippen molar-refractivity contribution in [1.82, 2.24) is 5.32 Å². The van der Waals surface area contributed by atoms with Crippen molar-refractivity contribution < 1.29 is 14.5 Å². The number of nitro benzene ring substituents is 1. The van der Waals surface area contributed by atoms with Crippen LogP contribution in [0.1, 0.15) is 30.4 Å². The van der Waals surface area contributed by atoms with E-state index in [1.54, 1.807) is 25.3 Å². The number of benzene rings is 2. The van der Waals surface area contributed by atoms with E-state index in [-0.39, 0.29) is 28.5 Å². The van der Waals surface area contributed by atoms with Gasteiger partial charge in [0.1, 0.15) is 5.75 Å². The number of nitro groups is 1. The molecule has 3 rings (SSSR count). The molecule has 0 aliphatic heterocycles. The van der Waals surface area contributed by atoms with Crippen LogP contribution in [0.25, 0.3) is 0 Å². The number of ether oxygens (including phenoxy) is 1. The van der Waals surface area contributed by atoms with E-state index >= 15 is 0 Å². The molecule has 7 heteroatoms. The molecule has 1 aliphatic rings. The number of aryl methyl sites for hydroxylation is 1. The molecule has 0 radical (unpaired) electrons. The number of methoxy groups -OCH3 is 1. The molecule has 2 aromatic carbocycles. The van der Waals surface area contributed by atoms with E-state index in [1.807, 2.05) is 25.1 Å². The van der Waals surface area contributed by atoms with Gasteiger partial charge in [-0.3, -0.25) is 14.9 Å². The first-order chi connectivity index (χ1) is 13.5. The molecule has 148 valence electrons. The highest BCUT2D eigenvalue weighted by molar-refractivity contribution is 5.93. The first-order valence-electron chi connectivity index (χ1n) is 9.39. The van der Waals surface area contributed by atoms with Crippen molar-refractivity contribution in [3.05, 3.63) is 63.7 Å². The van der Waals surface area contributed by atoms with Gasteiger partial charge in [-0.05, 0) is 37.8 Å². The largest absolute Gasteiger partial charge is 0.496 e. The van der Waals surface area contributed by atoms with Crippen LogP contribution < -0.4 is 15.4 Å². The number of carbonyl (C=O) groups is 1. The number of anilines is 1. The van der Waals surface area contributed by atoms with Gasteiger partial charge in [0.15, 0.2) is 0 Å². The standard InChI is InChI=1S/C21H25N3O4/c1-14-7-9-18(12-20(14)28-2)23-21(25)15-8-10-17(11-15)22-13-16-5-3-4-6-19(16)24(26)27/h3-7,9,12,15,17,22H,8,10-11,13H2,1-2H3,(H,23,25)/t15-,17+/m1/s1. The van der Waals surface area contributed by atoms with E-state index in [1.165, 1.54) is 6.07 Å². The van der Waals surface area contributed by atoms with Crippen molar-refractivity contribution in [2.24, 2.45) is 5.92 Å². The molecule has 0 unspecified atom stereocenters. The molecule has 2 atom stereocenters. The second-order valence-electron chi connectivity index (χ2n) is 7.15. The lowest BCUT2D eigenvalue weighted by Gasteiger charge is -2.14. The number of nitrogens with zero attached hydrogens (tertiary/aromatic N) is 1. The van der Waals surface area contributed by atoms with Gasteiger partial charge in [0, 0.05) is 41.9 Å². The molecule has 2 aromatic rings. The Morgan fingerprint density at radius 2 is 2.04 bits per heavy atom. The summed E-state index contributed by atoms with van der Waals surface area (Å²) in [5, 5.41) is 17.4. The van der Waals surface area contributed by atoms with Gasteiger partial charge < -0.3 is 15.4 Å². The van der Waals surface area contributed by atoms with Crippen molar-refractivity contribution >= 4 is 17.3 Å². The molecule has 28 heavy (non-hydrogen) atoms. The minimum Gasteiger partial charge on any atom is -0.496 e. The van der Waals surface area contributed by atoms with Crippen molar-refractivity contribution in [2.45, 2.75) is 38.8 Å². The second kappa shape index (κ2) is 8.84. The third-order valence-electron chi connectivity index (χ3n) is 5.25. The van der Waals surface area contributed by atoms with Gasteiger partial charge in [0.2, 0.25) is 5.91 Å². The summed E-state index contributed by atoms with van der Waals surface area (Å²) in [6.45, 7) is 2.38. The molecular weight excluding hydrogens is 358 g/mol. The molecule has 0 saturated heterocycles. The van der Waals surface area contributed by atoms with Crippen molar-refractivity contribution in [3.63, 3.8) is 0 Å². The summed E-state index contributed by atoms with van der Waals surface area (Å²) < 4.78 is 5.30. The van der Waals surface area contributed by atoms with Crippen LogP contribution >= 0.6 is 0 Å². The molecule has 7 nitrogen and oxygen atoms in total. The first-order valence-corrected chi connectivity index (χ1v) is 9.39. The fourth-order valence-corrected chi connectivity index (χ4v) is 3.64.